The van der Waals surface area contributed by atoms with E-state index in [-0.39, 0.29) is 6.54 Å². The van der Waals surface area contributed by atoms with Gasteiger partial charge in [0.25, 0.3) is 0 Å². The van der Waals surface area contributed by atoms with Crippen LogP contribution in [0.1, 0.15) is 6.92 Å². The van der Waals surface area contributed by atoms with Crippen LogP contribution in [0.25, 0.3) is 11.0 Å². The SMILES string of the molecule is CCN(CC(=O)Nc1c(F)cccc1F)c1cnc2ccccc2n1. The van der Waals surface area contributed by atoms with E-state index in [0.717, 1.165) is 17.6 Å². The van der Waals surface area contributed by atoms with Crippen molar-refractivity contribution in [1.29, 1.82) is 0 Å². The van der Waals surface area contributed by atoms with E-state index >= 15 is 0 Å². The van der Waals surface area contributed by atoms with Crippen molar-refractivity contribution in [3.8, 4) is 0 Å². The van der Waals surface area contributed by atoms with Gasteiger partial charge in [-0.15, -0.1) is 0 Å². The quantitative estimate of drug-likeness (QED) is 0.772. The third-order valence-electron chi connectivity index (χ3n) is 3.70. The number of likely N-dealkylation sites (N-methyl/N-ethyl adjacent to an activating group) is 1. The Kier molecular flexibility index (Phi) is 4.83. The Morgan fingerprint density at radius 3 is 2.44 bits per heavy atom. The van der Waals surface area contributed by atoms with Crippen molar-refractivity contribution in [3.05, 3.63) is 60.3 Å². The number of aromatic nitrogens is 2. The van der Waals surface area contributed by atoms with Crippen LogP contribution in [-0.4, -0.2) is 29.0 Å². The van der Waals surface area contributed by atoms with Gasteiger partial charge in [-0.25, -0.2) is 13.8 Å². The minimum Gasteiger partial charge on any atom is -0.346 e. The van der Waals surface area contributed by atoms with Gasteiger partial charge in [-0.3, -0.25) is 9.78 Å². The molecule has 0 spiro atoms. The zero-order valence-corrected chi connectivity index (χ0v) is 13.5. The van der Waals surface area contributed by atoms with Crippen LogP contribution in [0, 0.1) is 11.6 Å². The molecule has 1 heterocycles. The predicted octanol–water partition coefficient (Wildman–Crippen LogP) is 3.37. The van der Waals surface area contributed by atoms with E-state index in [1.807, 2.05) is 31.2 Å². The number of rotatable bonds is 5. The zero-order chi connectivity index (χ0) is 17.8. The fourth-order valence-corrected chi connectivity index (χ4v) is 2.42. The van der Waals surface area contributed by atoms with Crippen LogP contribution in [0.15, 0.2) is 48.7 Å². The second-order valence-electron chi connectivity index (χ2n) is 5.38. The van der Waals surface area contributed by atoms with Gasteiger partial charge in [0.1, 0.15) is 23.1 Å². The van der Waals surface area contributed by atoms with Crippen molar-refractivity contribution >= 4 is 28.4 Å². The molecule has 3 rings (SSSR count). The molecule has 1 aromatic heterocycles. The maximum Gasteiger partial charge on any atom is 0.244 e. The van der Waals surface area contributed by atoms with Gasteiger partial charge in [-0.1, -0.05) is 18.2 Å². The highest BCUT2D eigenvalue weighted by atomic mass is 19.1. The van der Waals surface area contributed by atoms with E-state index in [1.54, 1.807) is 11.1 Å². The lowest BCUT2D eigenvalue weighted by molar-refractivity contribution is -0.115. The number of nitrogens with zero attached hydrogens (tertiary/aromatic N) is 3. The number of fused-ring (bicyclic) bond motifs is 1. The first-order valence-corrected chi connectivity index (χ1v) is 7.79. The molecule has 1 amide bonds. The van der Waals surface area contributed by atoms with Crippen LogP contribution < -0.4 is 10.2 Å². The number of para-hydroxylation sites is 3. The summed E-state index contributed by atoms with van der Waals surface area (Å²) in [4.78, 5) is 22.7. The Morgan fingerprint density at radius 2 is 1.76 bits per heavy atom. The molecule has 0 radical (unpaired) electrons. The van der Waals surface area contributed by atoms with E-state index < -0.39 is 23.2 Å². The molecular formula is C18H16F2N4O. The number of hydrogen-bond donors (Lipinski definition) is 1. The van der Waals surface area contributed by atoms with Crippen molar-refractivity contribution in [2.45, 2.75) is 6.92 Å². The summed E-state index contributed by atoms with van der Waals surface area (Å²) in [6.45, 7) is 2.24. The Hall–Kier alpha value is -3.09. The topological polar surface area (TPSA) is 58.1 Å². The summed E-state index contributed by atoms with van der Waals surface area (Å²) < 4.78 is 27.3. The normalized spacial score (nSPS) is 10.7. The highest BCUT2D eigenvalue weighted by molar-refractivity contribution is 5.94. The molecule has 0 aliphatic rings. The van der Waals surface area contributed by atoms with E-state index in [2.05, 4.69) is 15.3 Å². The molecular weight excluding hydrogens is 326 g/mol. The first-order valence-electron chi connectivity index (χ1n) is 7.79. The third kappa shape index (κ3) is 3.71. The first kappa shape index (κ1) is 16.8. The van der Waals surface area contributed by atoms with Crippen molar-refractivity contribution in [2.24, 2.45) is 0 Å². The highest BCUT2D eigenvalue weighted by Crippen LogP contribution is 2.19. The summed E-state index contributed by atoms with van der Waals surface area (Å²) in [5.74, 6) is -1.66. The fraction of sp³-hybridized carbons (Fsp3) is 0.167. The fourth-order valence-electron chi connectivity index (χ4n) is 2.42. The molecule has 0 saturated carbocycles. The molecule has 3 aromatic rings. The third-order valence-corrected chi connectivity index (χ3v) is 3.70. The Labute approximate surface area is 143 Å². The highest BCUT2D eigenvalue weighted by Gasteiger charge is 2.16. The van der Waals surface area contributed by atoms with Gasteiger partial charge >= 0.3 is 0 Å². The lowest BCUT2D eigenvalue weighted by Crippen LogP contribution is -2.34. The van der Waals surface area contributed by atoms with Crippen LogP contribution in [-0.2, 0) is 4.79 Å². The van der Waals surface area contributed by atoms with Gasteiger partial charge in [-0.2, -0.15) is 0 Å². The molecule has 1 N–H and O–H groups in total. The smallest absolute Gasteiger partial charge is 0.244 e. The number of amides is 1. The average Bonchev–Trinajstić information content (AvgIpc) is 2.62. The maximum atomic E-state index is 13.6. The second-order valence-corrected chi connectivity index (χ2v) is 5.38. The maximum absolute atomic E-state index is 13.6. The van der Waals surface area contributed by atoms with Crippen LogP contribution >= 0.6 is 0 Å². The number of carbonyl (C=O) groups excluding carboxylic acids is 1. The van der Waals surface area contributed by atoms with Gasteiger partial charge in [0.15, 0.2) is 0 Å². The summed E-state index contributed by atoms with van der Waals surface area (Å²) in [5, 5.41) is 2.27. The zero-order valence-electron chi connectivity index (χ0n) is 13.5. The molecule has 0 aliphatic heterocycles. The Balaban J connectivity index is 1.77. The van der Waals surface area contributed by atoms with Gasteiger partial charge in [0.2, 0.25) is 5.91 Å². The van der Waals surface area contributed by atoms with Crippen molar-refractivity contribution in [3.63, 3.8) is 0 Å². The molecule has 7 heteroatoms. The van der Waals surface area contributed by atoms with E-state index in [1.165, 1.54) is 6.07 Å². The number of hydrogen-bond acceptors (Lipinski definition) is 4. The van der Waals surface area contributed by atoms with Crippen LogP contribution in [0.5, 0.6) is 0 Å². The predicted molar refractivity (Wildman–Crippen MR) is 92.4 cm³/mol. The molecule has 0 bridgehead atoms. The number of anilines is 2. The van der Waals surface area contributed by atoms with E-state index in [4.69, 9.17) is 0 Å². The number of halogens is 2. The second kappa shape index (κ2) is 7.21. The van der Waals surface area contributed by atoms with Gasteiger partial charge in [-0.05, 0) is 31.2 Å². The molecule has 0 aliphatic carbocycles. The molecule has 0 atom stereocenters. The lowest BCUT2D eigenvalue weighted by Gasteiger charge is -2.21. The summed E-state index contributed by atoms with van der Waals surface area (Å²) in [5.41, 5.74) is 1.01. The average molecular weight is 342 g/mol. The minimum atomic E-state index is -0.818. The monoisotopic (exact) mass is 342 g/mol. The largest absolute Gasteiger partial charge is 0.346 e. The minimum absolute atomic E-state index is 0.0999. The first-order chi connectivity index (χ1) is 12.1. The molecule has 0 saturated heterocycles. The molecule has 5 nitrogen and oxygen atoms in total. The van der Waals surface area contributed by atoms with E-state index in [0.29, 0.717) is 17.9 Å². The van der Waals surface area contributed by atoms with Crippen molar-refractivity contribution < 1.29 is 13.6 Å². The van der Waals surface area contributed by atoms with Crippen LogP contribution in [0.4, 0.5) is 20.3 Å². The van der Waals surface area contributed by atoms with E-state index in [9.17, 15) is 13.6 Å². The standard InChI is InChI=1S/C18H16F2N4O/c1-2-24(16-10-21-14-8-3-4-9-15(14)22-16)11-17(25)23-18-12(19)6-5-7-13(18)20/h3-10H,2,11H2,1H3,(H,23,25). The molecule has 0 fully saturated rings. The van der Waals surface area contributed by atoms with Gasteiger partial charge < -0.3 is 10.2 Å². The Morgan fingerprint density at radius 1 is 1.08 bits per heavy atom. The number of carbonyl (C=O) groups is 1. The lowest BCUT2D eigenvalue weighted by atomic mass is 10.3. The molecule has 25 heavy (non-hydrogen) atoms. The molecule has 0 unspecified atom stereocenters. The summed E-state index contributed by atoms with van der Waals surface area (Å²) in [7, 11) is 0. The van der Waals surface area contributed by atoms with Gasteiger partial charge in [0.05, 0.1) is 23.8 Å². The summed E-state index contributed by atoms with van der Waals surface area (Å²) >= 11 is 0. The number of nitrogens with one attached hydrogen (secondary N) is 1. The Bertz CT molecular complexity index is 896. The van der Waals surface area contributed by atoms with Crippen molar-refractivity contribution in [2.75, 3.05) is 23.3 Å². The van der Waals surface area contributed by atoms with Crippen LogP contribution in [0.2, 0.25) is 0 Å². The molecule has 2 aromatic carbocycles. The van der Waals surface area contributed by atoms with Crippen molar-refractivity contribution in [1.82, 2.24) is 9.97 Å². The van der Waals surface area contributed by atoms with Gasteiger partial charge in [0, 0.05) is 6.54 Å². The summed E-state index contributed by atoms with van der Waals surface area (Å²) in [6, 6.07) is 10.8. The van der Waals surface area contributed by atoms with Crippen LogP contribution in [0.3, 0.4) is 0 Å². The summed E-state index contributed by atoms with van der Waals surface area (Å²) in [6.07, 6.45) is 1.57. The number of benzene rings is 2. The molecule has 128 valence electrons.